The lowest BCUT2D eigenvalue weighted by molar-refractivity contribution is -0.120. The Balaban J connectivity index is 1.95. The maximum Gasteiger partial charge on any atom is 0.272 e. The van der Waals surface area contributed by atoms with Gasteiger partial charge in [0.2, 0.25) is 5.91 Å². The van der Waals surface area contributed by atoms with Gasteiger partial charge in [0, 0.05) is 12.6 Å². The number of nitrogens with zero attached hydrogens (tertiary/aromatic N) is 1. The Labute approximate surface area is 173 Å². The molecule has 3 rings (SSSR count). The van der Waals surface area contributed by atoms with Crippen LogP contribution in [0.1, 0.15) is 26.3 Å². The van der Waals surface area contributed by atoms with Gasteiger partial charge in [-0.05, 0) is 54.6 Å². The molecule has 0 bridgehead atoms. The van der Waals surface area contributed by atoms with Crippen molar-refractivity contribution in [1.29, 1.82) is 0 Å². The van der Waals surface area contributed by atoms with Crippen LogP contribution in [-0.2, 0) is 14.4 Å². The number of hydrogen-bond acceptors (Lipinski definition) is 5. The van der Waals surface area contributed by atoms with Gasteiger partial charge in [-0.15, -0.1) is 11.8 Å². The van der Waals surface area contributed by atoms with Crippen molar-refractivity contribution in [3.63, 3.8) is 0 Å². The predicted molar refractivity (Wildman–Crippen MR) is 116 cm³/mol. The molecule has 0 radical (unpaired) electrons. The third-order valence-corrected chi connectivity index (χ3v) is 5.19. The van der Waals surface area contributed by atoms with E-state index >= 15 is 0 Å². The van der Waals surface area contributed by atoms with Crippen LogP contribution in [0, 0.1) is 0 Å². The normalized spacial score (nSPS) is 13.8. The molecular weight excluding hydrogens is 388 g/mol. The lowest BCUT2D eigenvalue weighted by Crippen LogP contribution is -2.31. The maximum absolute atomic E-state index is 13.2. The highest BCUT2D eigenvalue weighted by atomic mass is 32.2. The fraction of sp³-hybridized carbons (Fsp3) is 0.227. The van der Waals surface area contributed by atoms with Gasteiger partial charge >= 0.3 is 0 Å². The van der Waals surface area contributed by atoms with Crippen molar-refractivity contribution >= 4 is 46.4 Å². The minimum Gasteiger partial charge on any atom is -0.494 e. The van der Waals surface area contributed by atoms with Crippen LogP contribution in [0.25, 0.3) is 5.57 Å². The lowest BCUT2D eigenvalue weighted by Gasteiger charge is -2.16. The van der Waals surface area contributed by atoms with Crippen molar-refractivity contribution in [2.24, 2.45) is 0 Å². The summed E-state index contributed by atoms with van der Waals surface area (Å²) in [6.07, 6.45) is 0. The quantitative estimate of drug-likeness (QED) is 0.696. The topological polar surface area (TPSA) is 75.7 Å². The van der Waals surface area contributed by atoms with E-state index in [0.29, 0.717) is 45.5 Å². The molecule has 0 spiro atoms. The summed E-state index contributed by atoms with van der Waals surface area (Å²) in [4.78, 5) is 39.1. The summed E-state index contributed by atoms with van der Waals surface area (Å²) >= 11 is 1.36. The predicted octanol–water partition coefficient (Wildman–Crippen LogP) is 4.08. The Morgan fingerprint density at radius 1 is 1.00 bits per heavy atom. The van der Waals surface area contributed by atoms with Gasteiger partial charge in [0.1, 0.15) is 5.75 Å². The van der Waals surface area contributed by atoms with Gasteiger partial charge in [0.05, 0.1) is 22.8 Å². The van der Waals surface area contributed by atoms with Crippen LogP contribution in [0.2, 0.25) is 0 Å². The number of ether oxygens (including phenoxy) is 1. The first-order valence-electron chi connectivity index (χ1n) is 9.33. The number of carbonyl (C=O) groups excluding carboxylic acids is 3. The molecule has 1 aliphatic heterocycles. The van der Waals surface area contributed by atoms with E-state index in [1.54, 1.807) is 48.5 Å². The van der Waals surface area contributed by atoms with Crippen molar-refractivity contribution in [1.82, 2.24) is 0 Å². The second kappa shape index (κ2) is 8.96. The molecule has 6 nitrogen and oxygen atoms in total. The van der Waals surface area contributed by atoms with Crippen molar-refractivity contribution in [2.45, 2.75) is 20.8 Å². The van der Waals surface area contributed by atoms with E-state index in [-0.39, 0.29) is 17.7 Å². The van der Waals surface area contributed by atoms with Gasteiger partial charge in [0.25, 0.3) is 11.8 Å². The van der Waals surface area contributed by atoms with Crippen LogP contribution in [0.3, 0.4) is 0 Å². The average molecular weight is 410 g/mol. The van der Waals surface area contributed by atoms with E-state index in [2.05, 4.69) is 5.32 Å². The van der Waals surface area contributed by atoms with Crippen molar-refractivity contribution in [3.8, 4) is 5.75 Å². The van der Waals surface area contributed by atoms with Crippen LogP contribution >= 0.6 is 11.8 Å². The lowest BCUT2D eigenvalue weighted by atomic mass is 10.1. The summed E-state index contributed by atoms with van der Waals surface area (Å²) in [5.41, 5.74) is 2.14. The Kier molecular flexibility index (Phi) is 6.39. The highest BCUT2D eigenvalue weighted by molar-refractivity contribution is 8.04. The molecule has 0 saturated heterocycles. The zero-order valence-corrected chi connectivity index (χ0v) is 17.3. The third kappa shape index (κ3) is 4.35. The Morgan fingerprint density at radius 3 is 2.21 bits per heavy atom. The molecule has 1 aliphatic rings. The molecular formula is C22H22N2O4S. The summed E-state index contributed by atoms with van der Waals surface area (Å²) < 4.78 is 5.46. The van der Waals surface area contributed by atoms with E-state index in [4.69, 9.17) is 4.74 Å². The van der Waals surface area contributed by atoms with E-state index in [1.807, 2.05) is 13.8 Å². The van der Waals surface area contributed by atoms with Gasteiger partial charge < -0.3 is 10.1 Å². The fourth-order valence-electron chi connectivity index (χ4n) is 3.06. The van der Waals surface area contributed by atoms with E-state index in [0.717, 1.165) is 0 Å². The zero-order valence-electron chi connectivity index (χ0n) is 16.5. The van der Waals surface area contributed by atoms with Gasteiger partial charge in [-0.1, -0.05) is 19.1 Å². The molecule has 1 heterocycles. The summed E-state index contributed by atoms with van der Waals surface area (Å²) in [6, 6.07) is 13.8. The number of imide groups is 1. The smallest absolute Gasteiger partial charge is 0.272 e. The highest BCUT2D eigenvalue weighted by Gasteiger charge is 2.39. The van der Waals surface area contributed by atoms with Crippen molar-refractivity contribution < 1.29 is 19.1 Å². The second-order valence-electron chi connectivity index (χ2n) is 6.27. The van der Waals surface area contributed by atoms with Crippen LogP contribution in [0.15, 0.2) is 53.4 Å². The number of amides is 3. The van der Waals surface area contributed by atoms with Gasteiger partial charge in [-0.3, -0.25) is 14.4 Å². The number of carbonyl (C=O) groups is 3. The summed E-state index contributed by atoms with van der Waals surface area (Å²) in [5.74, 6) is 0.501. The van der Waals surface area contributed by atoms with Crippen molar-refractivity contribution in [2.75, 3.05) is 22.6 Å². The number of benzene rings is 2. The molecule has 0 saturated carbocycles. The molecule has 0 unspecified atom stereocenters. The standard InChI is InChI=1S/C22H22N2O4S/c1-4-28-18-12-6-15(7-13-18)19-20(29-5-2)22(27)24(21(19)26)17-10-8-16(9-11-17)23-14(3)25/h6-13H,4-5H2,1-3H3,(H,23,25). The van der Waals surface area contributed by atoms with Crippen molar-refractivity contribution in [3.05, 3.63) is 59.0 Å². The molecule has 29 heavy (non-hydrogen) atoms. The summed E-state index contributed by atoms with van der Waals surface area (Å²) in [6.45, 7) is 5.82. The number of anilines is 2. The van der Waals surface area contributed by atoms with Crippen LogP contribution in [-0.4, -0.2) is 30.1 Å². The van der Waals surface area contributed by atoms with Crippen LogP contribution in [0.5, 0.6) is 5.75 Å². The minimum atomic E-state index is -0.359. The largest absolute Gasteiger partial charge is 0.494 e. The van der Waals surface area contributed by atoms with Gasteiger partial charge in [0.15, 0.2) is 0 Å². The van der Waals surface area contributed by atoms with E-state index in [9.17, 15) is 14.4 Å². The first kappa shape index (κ1) is 20.7. The molecule has 3 amide bonds. The van der Waals surface area contributed by atoms with Crippen LogP contribution in [0.4, 0.5) is 11.4 Å². The fourth-order valence-corrected chi connectivity index (χ4v) is 3.91. The molecule has 2 aromatic rings. The molecule has 7 heteroatoms. The zero-order chi connectivity index (χ0) is 21.0. The molecule has 0 atom stereocenters. The van der Waals surface area contributed by atoms with E-state index < -0.39 is 0 Å². The number of thioether (sulfide) groups is 1. The second-order valence-corrected chi connectivity index (χ2v) is 7.54. The Morgan fingerprint density at radius 2 is 1.66 bits per heavy atom. The Bertz CT molecular complexity index is 965. The third-order valence-electron chi connectivity index (χ3n) is 4.23. The molecule has 150 valence electrons. The summed E-state index contributed by atoms with van der Waals surface area (Å²) in [5, 5.41) is 2.67. The first-order chi connectivity index (χ1) is 14.0. The summed E-state index contributed by atoms with van der Waals surface area (Å²) in [7, 11) is 0. The first-order valence-corrected chi connectivity index (χ1v) is 10.3. The molecule has 0 aliphatic carbocycles. The molecule has 2 aromatic carbocycles. The SMILES string of the molecule is CCOc1ccc(C2=C(SCC)C(=O)N(c3ccc(NC(C)=O)cc3)C2=O)cc1. The highest BCUT2D eigenvalue weighted by Crippen LogP contribution is 2.38. The van der Waals surface area contributed by atoms with Gasteiger partial charge in [-0.25, -0.2) is 4.90 Å². The number of nitrogens with one attached hydrogen (secondary N) is 1. The number of hydrogen-bond donors (Lipinski definition) is 1. The monoisotopic (exact) mass is 410 g/mol. The number of rotatable bonds is 7. The van der Waals surface area contributed by atoms with Gasteiger partial charge in [-0.2, -0.15) is 0 Å². The molecule has 0 aromatic heterocycles. The average Bonchev–Trinajstić information content (AvgIpc) is 2.93. The Hall–Kier alpha value is -3.06. The van der Waals surface area contributed by atoms with E-state index in [1.165, 1.54) is 23.6 Å². The molecule has 1 N–H and O–H groups in total. The molecule has 0 fully saturated rings. The minimum absolute atomic E-state index is 0.188. The van der Waals surface area contributed by atoms with Crippen LogP contribution < -0.4 is 15.0 Å². The maximum atomic E-state index is 13.2.